The number of thioether (sulfide) groups is 1. The summed E-state index contributed by atoms with van der Waals surface area (Å²) in [7, 11) is 1.97. The lowest BCUT2D eigenvalue weighted by molar-refractivity contribution is -0.122. The van der Waals surface area contributed by atoms with Crippen molar-refractivity contribution in [2.75, 3.05) is 51.3 Å². The molecule has 2 heterocycles. The zero-order valence-electron chi connectivity index (χ0n) is 17.9. The predicted octanol–water partition coefficient (Wildman–Crippen LogP) is 0.218. The molecule has 1 aliphatic heterocycles. The Labute approximate surface area is 177 Å². The number of aryl methyl sites for hydroxylation is 1. The summed E-state index contributed by atoms with van der Waals surface area (Å²) in [6.07, 6.45) is 5.49. The van der Waals surface area contributed by atoms with Crippen LogP contribution in [0.1, 0.15) is 30.9 Å². The zero-order valence-corrected chi connectivity index (χ0v) is 18.7. The van der Waals surface area contributed by atoms with E-state index in [9.17, 15) is 4.79 Å². The number of hydrogen-bond donors (Lipinski definition) is 2. The first-order chi connectivity index (χ1) is 14.1. The van der Waals surface area contributed by atoms with Gasteiger partial charge in [-0.25, -0.2) is 4.99 Å². The highest BCUT2D eigenvalue weighted by molar-refractivity contribution is 7.98. The van der Waals surface area contributed by atoms with E-state index in [4.69, 9.17) is 4.99 Å². The van der Waals surface area contributed by atoms with Gasteiger partial charge in [-0.15, -0.1) is 10.2 Å². The number of aromatic nitrogens is 3. The van der Waals surface area contributed by atoms with Gasteiger partial charge in [-0.05, 0) is 38.2 Å². The fourth-order valence-electron chi connectivity index (χ4n) is 3.24. The number of aliphatic imine (C=N–C) groups is 1. The third kappa shape index (κ3) is 6.88. The van der Waals surface area contributed by atoms with Crippen molar-refractivity contribution in [3.63, 3.8) is 0 Å². The quantitative estimate of drug-likeness (QED) is 0.334. The number of piperazine rings is 1. The molecule has 1 amide bonds. The third-order valence-corrected chi connectivity index (χ3v) is 6.04. The van der Waals surface area contributed by atoms with E-state index in [1.807, 2.05) is 30.3 Å². The minimum Gasteiger partial charge on any atom is -0.356 e. The molecule has 0 radical (unpaired) electrons. The normalized spacial score (nSPS) is 18.2. The molecule has 1 aromatic heterocycles. The van der Waals surface area contributed by atoms with Crippen LogP contribution in [-0.4, -0.2) is 93.8 Å². The monoisotopic (exact) mass is 422 g/mol. The van der Waals surface area contributed by atoms with Gasteiger partial charge in [-0.3, -0.25) is 9.69 Å². The Balaban J connectivity index is 1.53. The minimum atomic E-state index is 0.155. The maximum Gasteiger partial charge on any atom is 0.234 e. The average Bonchev–Trinajstić information content (AvgIpc) is 3.47. The van der Waals surface area contributed by atoms with Gasteiger partial charge in [-0.1, -0.05) is 0 Å². The number of amides is 1. The van der Waals surface area contributed by atoms with Crippen LogP contribution in [0.3, 0.4) is 0 Å². The molecule has 0 atom stereocenters. The number of carbonyl (C=O) groups excluding carboxylic acids is 1. The van der Waals surface area contributed by atoms with Crippen LogP contribution in [-0.2, 0) is 18.4 Å². The summed E-state index contributed by atoms with van der Waals surface area (Å²) in [6, 6.07) is 0.428. The Morgan fingerprint density at radius 3 is 2.62 bits per heavy atom. The van der Waals surface area contributed by atoms with Gasteiger partial charge < -0.3 is 20.1 Å². The second kappa shape index (κ2) is 10.8. The maximum atomic E-state index is 12.1. The Bertz CT molecular complexity index is 694. The van der Waals surface area contributed by atoms with E-state index in [0.717, 1.165) is 75.3 Å². The maximum absolute atomic E-state index is 12.1. The Morgan fingerprint density at radius 2 is 2.00 bits per heavy atom. The van der Waals surface area contributed by atoms with Crippen molar-refractivity contribution >= 4 is 23.6 Å². The first kappa shape index (κ1) is 21.9. The molecule has 1 saturated heterocycles. The van der Waals surface area contributed by atoms with Crippen LogP contribution in [0.25, 0.3) is 0 Å². The van der Waals surface area contributed by atoms with Gasteiger partial charge >= 0.3 is 0 Å². The molecule has 1 saturated carbocycles. The van der Waals surface area contributed by atoms with Crippen molar-refractivity contribution in [1.29, 1.82) is 0 Å². The van der Waals surface area contributed by atoms with Crippen LogP contribution in [0, 0.1) is 6.92 Å². The molecule has 2 aliphatic rings. The number of carbonyl (C=O) groups is 1. The molecule has 29 heavy (non-hydrogen) atoms. The third-order valence-electron chi connectivity index (χ3n) is 5.34. The smallest absolute Gasteiger partial charge is 0.234 e. The molecular formula is C19H34N8OS. The summed E-state index contributed by atoms with van der Waals surface area (Å²) >= 11 is 1.86. The lowest BCUT2D eigenvalue weighted by atomic mass is 10.3. The number of nitrogens with one attached hydrogen (secondary N) is 2. The summed E-state index contributed by atoms with van der Waals surface area (Å²) in [5.41, 5.74) is 0. The number of guanidine groups is 1. The zero-order chi connectivity index (χ0) is 20.6. The van der Waals surface area contributed by atoms with Gasteiger partial charge in [0, 0.05) is 45.8 Å². The fraction of sp³-hybridized carbons (Fsp3) is 0.789. The molecule has 0 bridgehead atoms. The second-order valence-electron chi connectivity index (χ2n) is 7.74. The lowest BCUT2D eigenvalue weighted by Crippen LogP contribution is -2.54. The molecule has 9 nitrogen and oxygen atoms in total. The van der Waals surface area contributed by atoms with Gasteiger partial charge in [0.05, 0.1) is 6.54 Å². The minimum absolute atomic E-state index is 0.155. The number of nitrogens with zero attached hydrogens (tertiary/aromatic N) is 6. The van der Waals surface area contributed by atoms with Crippen LogP contribution in [0.2, 0.25) is 0 Å². The molecule has 3 rings (SSSR count). The standard InChI is InChI=1S/C19H34N8OS/c1-15-23-24-17(25(15)2)13-21-19(20-7-4-12-29-3)27-10-8-26(9-11-27)14-18(28)22-16-5-6-16/h16H,4-14H2,1-3H3,(H,20,21)(H,22,28). The molecular weight excluding hydrogens is 388 g/mol. The van der Waals surface area contributed by atoms with Crippen molar-refractivity contribution in [3.05, 3.63) is 11.6 Å². The summed E-state index contributed by atoms with van der Waals surface area (Å²) in [5, 5.41) is 14.9. The van der Waals surface area contributed by atoms with Gasteiger partial charge in [0.25, 0.3) is 0 Å². The highest BCUT2D eigenvalue weighted by Gasteiger charge is 2.26. The van der Waals surface area contributed by atoms with Crippen LogP contribution < -0.4 is 10.6 Å². The molecule has 162 valence electrons. The van der Waals surface area contributed by atoms with Crippen molar-refractivity contribution in [3.8, 4) is 0 Å². The van der Waals surface area contributed by atoms with Gasteiger partial charge in [0.1, 0.15) is 12.4 Å². The van der Waals surface area contributed by atoms with Crippen molar-refractivity contribution < 1.29 is 4.79 Å². The van der Waals surface area contributed by atoms with E-state index in [2.05, 4.69) is 36.9 Å². The van der Waals surface area contributed by atoms with E-state index in [1.165, 1.54) is 0 Å². The second-order valence-corrected chi connectivity index (χ2v) is 8.73. The Morgan fingerprint density at radius 1 is 1.24 bits per heavy atom. The van der Waals surface area contributed by atoms with Gasteiger partial charge in [0.15, 0.2) is 11.8 Å². The van der Waals surface area contributed by atoms with E-state index >= 15 is 0 Å². The van der Waals surface area contributed by atoms with Gasteiger partial charge in [0.2, 0.25) is 5.91 Å². The Kier molecular flexibility index (Phi) is 8.17. The van der Waals surface area contributed by atoms with Crippen molar-refractivity contribution in [2.24, 2.45) is 12.0 Å². The van der Waals surface area contributed by atoms with Crippen LogP contribution in [0.5, 0.6) is 0 Å². The van der Waals surface area contributed by atoms with Crippen molar-refractivity contribution in [1.82, 2.24) is 35.2 Å². The molecule has 1 aromatic rings. The first-order valence-electron chi connectivity index (χ1n) is 10.5. The topological polar surface area (TPSA) is 90.7 Å². The highest BCUT2D eigenvalue weighted by atomic mass is 32.2. The average molecular weight is 423 g/mol. The van der Waals surface area contributed by atoms with Gasteiger partial charge in [-0.2, -0.15) is 11.8 Å². The summed E-state index contributed by atoms with van der Waals surface area (Å²) < 4.78 is 1.98. The SMILES string of the molecule is CSCCCNC(=NCc1nnc(C)n1C)N1CCN(CC(=O)NC2CC2)CC1. The predicted molar refractivity (Wildman–Crippen MR) is 117 cm³/mol. The number of rotatable bonds is 9. The summed E-state index contributed by atoms with van der Waals surface area (Å²) in [6.45, 7) is 7.31. The van der Waals surface area contributed by atoms with Crippen LogP contribution in [0.4, 0.5) is 0 Å². The molecule has 10 heteroatoms. The molecule has 2 fully saturated rings. The van der Waals surface area contributed by atoms with Crippen molar-refractivity contribution in [2.45, 2.75) is 38.8 Å². The first-order valence-corrected chi connectivity index (χ1v) is 11.8. The molecule has 0 spiro atoms. The largest absolute Gasteiger partial charge is 0.356 e. The Hall–Kier alpha value is -1.81. The molecule has 0 unspecified atom stereocenters. The lowest BCUT2D eigenvalue weighted by Gasteiger charge is -2.36. The molecule has 2 N–H and O–H groups in total. The van der Waals surface area contributed by atoms with Crippen LogP contribution in [0.15, 0.2) is 4.99 Å². The number of hydrogen-bond acceptors (Lipinski definition) is 6. The van der Waals surface area contributed by atoms with E-state index in [1.54, 1.807) is 0 Å². The van der Waals surface area contributed by atoms with Crippen LogP contribution >= 0.6 is 11.8 Å². The van der Waals surface area contributed by atoms with E-state index in [0.29, 0.717) is 19.1 Å². The fourth-order valence-corrected chi connectivity index (χ4v) is 3.67. The molecule has 0 aromatic carbocycles. The summed E-state index contributed by atoms with van der Waals surface area (Å²) in [4.78, 5) is 21.4. The molecule has 1 aliphatic carbocycles. The van der Waals surface area contributed by atoms with E-state index < -0.39 is 0 Å². The highest BCUT2D eigenvalue weighted by Crippen LogP contribution is 2.18. The van der Waals surface area contributed by atoms with E-state index in [-0.39, 0.29) is 5.91 Å². The summed E-state index contributed by atoms with van der Waals surface area (Å²) in [5.74, 6) is 3.97.